The van der Waals surface area contributed by atoms with Crippen molar-refractivity contribution in [2.24, 2.45) is 0 Å². The molecule has 1 aliphatic rings. The Morgan fingerprint density at radius 2 is 1.76 bits per heavy atom. The molecule has 0 radical (unpaired) electrons. The van der Waals surface area contributed by atoms with Gasteiger partial charge in [0, 0.05) is 26.2 Å². The molecule has 134 valence electrons. The Kier molecular flexibility index (Phi) is 5.29. The summed E-state index contributed by atoms with van der Waals surface area (Å²) in [4.78, 5) is 9.59. The lowest BCUT2D eigenvalue weighted by Crippen LogP contribution is -2.50. The van der Waals surface area contributed by atoms with Crippen LogP contribution in [-0.4, -0.2) is 54.6 Å². The highest BCUT2D eigenvalue weighted by Crippen LogP contribution is 2.20. The molecule has 1 fully saturated rings. The van der Waals surface area contributed by atoms with E-state index in [0.29, 0.717) is 38.3 Å². The zero-order valence-corrected chi connectivity index (χ0v) is 14.9. The summed E-state index contributed by atoms with van der Waals surface area (Å²) in [6.45, 7) is 3.08. The second-order valence-electron chi connectivity index (χ2n) is 6.03. The van der Waals surface area contributed by atoms with E-state index in [1.807, 2.05) is 30.3 Å². The molecule has 1 aromatic heterocycles. The van der Waals surface area contributed by atoms with Crippen molar-refractivity contribution < 1.29 is 12.8 Å². The van der Waals surface area contributed by atoms with Crippen LogP contribution < -0.4 is 4.90 Å². The maximum atomic E-state index is 14.1. The molecule has 0 unspecified atom stereocenters. The summed E-state index contributed by atoms with van der Waals surface area (Å²) in [5, 5.41) is 0. The molecule has 1 saturated heterocycles. The number of aryl methyl sites for hydroxylation is 2. The first-order valence-electron chi connectivity index (χ1n) is 8.21. The number of hydrogen-bond donors (Lipinski definition) is 0. The van der Waals surface area contributed by atoms with Gasteiger partial charge in [0.15, 0.2) is 11.6 Å². The zero-order chi connectivity index (χ0) is 17.9. The average molecular weight is 364 g/mol. The first-order chi connectivity index (χ1) is 12.0. The van der Waals surface area contributed by atoms with Crippen LogP contribution in [-0.2, 0) is 16.4 Å². The highest BCUT2D eigenvalue weighted by Gasteiger charge is 2.28. The molecule has 2 heterocycles. The third-order valence-electron chi connectivity index (χ3n) is 4.37. The zero-order valence-electron chi connectivity index (χ0n) is 14.1. The molecule has 0 saturated carbocycles. The van der Waals surface area contributed by atoms with Crippen molar-refractivity contribution in [1.82, 2.24) is 14.3 Å². The molecule has 0 aliphatic carbocycles. The number of rotatable bonds is 5. The summed E-state index contributed by atoms with van der Waals surface area (Å²) >= 11 is 0. The molecule has 0 N–H and O–H groups in total. The molecule has 0 bridgehead atoms. The van der Waals surface area contributed by atoms with Crippen molar-refractivity contribution >= 4 is 15.8 Å². The minimum Gasteiger partial charge on any atom is -0.351 e. The van der Waals surface area contributed by atoms with Gasteiger partial charge >= 0.3 is 0 Å². The topological polar surface area (TPSA) is 66.4 Å². The molecule has 2 aromatic rings. The largest absolute Gasteiger partial charge is 0.351 e. The van der Waals surface area contributed by atoms with E-state index in [1.165, 1.54) is 10.6 Å². The second kappa shape index (κ2) is 7.45. The molecule has 3 rings (SSSR count). The van der Waals surface area contributed by atoms with Crippen LogP contribution in [0.2, 0.25) is 0 Å². The molecular weight excluding hydrogens is 343 g/mol. The minimum absolute atomic E-state index is 0.0813. The van der Waals surface area contributed by atoms with Crippen LogP contribution in [0.1, 0.15) is 11.3 Å². The third kappa shape index (κ3) is 4.13. The summed E-state index contributed by atoms with van der Waals surface area (Å²) < 4.78 is 40.7. The van der Waals surface area contributed by atoms with Crippen molar-refractivity contribution in [3.8, 4) is 0 Å². The lowest BCUT2D eigenvalue weighted by Gasteiger charge is -2.34. The molecule has 1 aliphatic heterocycles. The van der Waals surface area contributed by atoms with Gasteiger partial charge in [-0.3, -0.25) is 0 Å². The van der Waals surface area contributed by atoms with E-state index in [1.54, 1.807) is 11.8 Å². The highest BCUT2D eigenvalue weighted by atomic mass is 32.2. The first kappa shape index (κ1) is 17.8. The summed E-state index contributed by atoms with van der Waals surface area (Å²) in [6.07, 6.45) is 1.82. The smallest absolute Gasteiger partial charge is 0.214 e. The van der Waals surface area contributed by atoms with E-state index in [4.69, 9.17) is 0 Å². The van der Waals surface area contributed by atoms with Crippen LogP contribution in [0.4, 0.5) is 10.2 Å². The predicted octanol–water partition coefficient (Wildman–Crippen LogP) is 1.62. The van der Waals surface area contributed by atoms with Gasteiger partial charge in [0.1, 0.15) is 6.33 Å². The molecular formula is C17H21FN4O2S. The summed E-state index contributed by atoms with van der Waals surface area (Å²) in [5.41, 5.74) is 1.30. The SMILES string of the molecule is Cc1ncnc(N2CCN(S(=O)(=O)CCc3ccccc3)CC2)c1F. The van der Waals surface area contributed by atoms with Gasteiger partial charge in [-0.2, -0.15) is 4.31 Å². The monoisotopic (exact) mass is 364 g/mol. The van der Waals surface area contributed by atoms with E-state index in [9.17, 15) is 12.8 Å². The Labute approximate surface area is 147 Å². The fraction of sp³-hybridized carbons (Fsp3) is 0.412. The molecule has 0 amide bonds. The van der Waals surface area contributed by atoms with Gasteiger partial charge in [0.25, 0.3) is 0 Å². The summed E-state index contributed by atoms with van der Waals surface area (Å²) in [7, 11) is -3.33. The number of sulfonamides is 1. The van der Waals surface area contributed by atoms with Gasteiger partial charge in [0.05, 0.1) is 11.4 Å². The number of aromatic nitrogens is 2. The van der Waals surface area contributed by atoms with Crippen LogP contribution >= 0.6 is 0 Å². The Bertz CT molecular complexity index is 822. The van der Waals surface area contributed by atoms with Gasteiger partial charge in [-0.15, -0.1) is 0 Å². The molecule has 1 aromatic carbocycles. The minimum atomic E-state index is -3.33. The molecule has 6 nitrogen and oxygen atoms in total. The molecule has 8 heteroatoms. The van der Waals surface area contributed by atoms with E-state index in [-0.39, 0.29) is 11.6 Å². The van der Waals surface area contributed by atoms with Crippen molar-refractivity contribution in [3.63, 3.8) is 0 Å². The highest BCUT2D eigenvalue weighted by molar-refractivity contribution is 7.89. The van der Waals surface area contributed by atoms with Crippen molar-refractivity contribution in [2.45, 2.75) is 13.3 Å². The van der Waals surface area contributed by atoms with E-state index < -0.39 is 15.8 Å². The van der Waals surface area contributed by atoms with E-state index in [2.05, 4.69) is 9.97 Å². The fourth-order valence-corrected chi connectivity index (χ4v) is 4.34. The summed E-state index contributed by atoms with van der Waals surface area (Å²) in [6, 6.07) is 9.56. The van der Waals surface area contributed by atoms with Gasteiger partial charge < -0.3 is 4.90 Å². The predicted molar refractivity (Wildman–Crippen MR) is 94.4 cm³/mol. The van der Waals surface area contributed by atoms with Crippen molar-refractivity contribution in [1.29, 1.82) is 0 Å². The summed E-state index contributed by atoms with van der Waals surface area (Å²) in [5.74, 6) is -0.116. The maximum Gasteiger partial charge on any atom is 0.214 e. The van der Waals surface area contributed by atoms with Crippen LogP contribution in [0, 0.1) is 12.7 Å². The Morgan fingerprint density at radius 1 is 1.08 bits per heavy atom. The van der Waals surface area contributed by atoms with E-state index in [0.717, 1.165) is 5.56 Å². The van der Waals surface area contributed by atoms with Crippen LogP contribution in [0.5, 0.6) is 0 Å². The maximum absolute atomic E-state index is 14.1. The van der Waals surface area contributed by atoms with Gasteiger partial charge in [-0.1, -0.05) is 30.3 Å². The normalized spacial score (nSPS) is 16.2. The number of nitrogens with zero attached hydrogens (tertiary/aromatic N) is 4. The van der Waals surface area contributed by atoms with Crippen LogP contribution in [0.3, 0.4) is 0 Å². The average Bonchev–Trinajstić information content (AvgIpc) is 2.63. The second-order valence-corrected chi connectivity index (χ2v) is 8.12. The first-order valence-corrected chi connectivity index (χ1v) is 9.82. The Morgan fingerprint density at radius 3 is 2.44 bits per heavy atom. The van der Waals surface area contributed by atoms with E-state index >= 15 is 0 Å². The number of piperazine rings is 1. The lowest BCUT2D eigenvalue weighted by atomic mass is 10.2. The molecule has 25 heavy (non-hydrogen) atoms. The fourth-order valence-electron chi connectivity index (χ4n) is 2.86. The van der Waals surface area contributed by atoms with Crippen molar-refractivity contribution in [2.75, 3.05) is 36.8 Å². The standard InChI is InChI=1S/C17H21FN4O2S/c1-14-16(18)17(20-13-19-14)21-8-10-22(11-9-21)25(23,24)12-7-15-5-3-2-4-6-15/h2-6,13H,7-12H2,1H3. The van der Waals surface area contributed by atoms with Gasteiger partial charge in [-0.25, -0.2) is 22.8 Å². The number of benzene rings is 1. The Balaban J connectivity index is 1.60. The number of hydrogen-bond acceptors (Lipinski definition) is 5. The Hall–Kier alpha value is -2.06. The third-order valence-corrected chi connectivity index (χ3v) is 6.24. The van der Waals surface area contributed by atoms with Gasteiger partial charge in [-0.05, 0) is 18.9 Å². The van der Waals surface area contributed by atoms with Crippen LogP contribution in [0.25, 0.3) is 0 Å². The number of anilines is 1. The van der Waals surface area contributed by atoms with Crippen LogP contribution in [0.15, 0.2) is 36.7 Å². The molecule has 0 spiro atoms. The van der Waals surface area contributed by atoms with Crippen molar-refractivity contribution in [3.05, 3.63) is 53.7 Å². The lowest BCUT2D eigenvalue weighted by molar-refractivity contribution is 0.381. The number of halogens is 1. The molecule has 0 atom stereocenters. The van der Waals surface area contributed by atoms with Gasteiger partial charge in [0.2, 0.25) is 10.0 Å². The quantitative estimate of drug-likeness (QED) is 0.807.